The summed E-state index contributed by atoms with van der Waals surface area (Å²) >= 11 is 1.64. The quantitative estimate of drug-likeness (QED) is 0.818. The number of rotatable bonds is 4. The molecule has 0 aliphatic carbocycles. The Labute approximate surface area is 174 Å². The predicted octanol–water partition coefficient (Wildman–Crippen LogP) is 4.12. The molecule has 6 nitrogen and oxygen atoms in total. The van der Waals surface area contributed by atoms with Crippen LogP contribution in [0.1, 0.15) is 41.2 Å². The van der Waals surface area contributed by atoms with E-state index in [4.69, 9.17) is 9.47 Å². The summed E-state index contributed by atoms with van der Waals surface area (Å²) in [5.41, 5.74) is 2.30. The van der Waals surface area contributed by atoms with Crippen molar-refractivity contribution < 1.29 is 19.1 Å². The molecule has 0 spiro atoms. The van der Waals surface area contributed by atoms with Crippen molar-refractivity contribution in [2.45, 2.75) is 30.2 Å². The van der Waals surface area contributed by atoms with Crippen molar-refractivity contribution >= 4 is 29.3 Å². The lowest BCUT2D eigenvalue weighted by Gasteiger charge is -2.27. The first-order valence-electron chi connectivity index (χ1n) is 9.70. The van der Waals surface area contributed by atoms with Crippen LogP contribution in [0.4, 0.5) is 5.69 Å². The van der Waals surface area contributed by atoms with Gasteiger partial charge in [0, 0.05) is 40.8 Å². The van der Waals surface area contributed by atoms with Crippen LogP contribution in [0.15, 0.2) is 41.3 Å². The molecule has 7 heteroatoms. The smallest absolute Gasteiger partial charge is 0.254 e. The van der Waals surface area contributed by atoms with Gasteiger partial charge >= 0.3 is 0 Å². The molecule has 1 N–H and O–H groups in total. The van der Waals surface area contributed by atoms with Crippen LogP contribution in [0.25, 0.3) is 0 Å². The third-order valence-corrected chi connectivity index (χ3v) is 6.48. The van der Waals surface area contributed by atoms with E-state index in [2.05, 4.69) is 5.32 Å². The Morgan fingerprint density at radius 2 is 2.03 bits per heavy atom. The van der Waals surface area contributed by atoms with Gasteiger partial charge in [0.15, 0.2) is 0 Å². The van der Waals surface area contributed by atoms with Gasteiger partial charge in [-0.2, -0.15) is 0 Å². The minimum Gasteiger partial charge on any atom is -0.497 e. The molecule has 0 bridgehead atoms. The average molecular weight is 413 g/mol. The Morgan fingerprint density at radius 3 is 2.83 bits per heavy atom. The second-order valence-corrected chi connectivity index (χ2v) is 8.26. The molecule has 2 aliphatic rings. The van der Waals surface area contributed by atoms with Gasteiger partial charge < -0.3 is 19.7 Å². The summed E-state index contributed by atoms with van der Waals surface area (Å²) in [4.78, 5) is 28.1. The van der Waals surface area contributed by atoms with Crippen molar-refractivity contribution in [3.8, 4) is 11.5 Å². The van der Waals surface area contributed by atoms with Gasteiger partial charge in [-0.15, -0.1) is 11.8 Å². The third-order valence-electron chi connectivity index (χ3n) is 5.40. The maximum absolute atomic E-state index is 13.3. The molecule has 2 aromatic rings. The first-order chi connectivity index (χ1) is 14.1. The van der Waals surface area contributed by atoms with E-state index in [1.54, 1.807) is 32.0 Å². The molecule has 0 aromatic heterocycles. The van der Waals surface area contributed by atoms with E-state index in [0.717, 1.165) is 46.2 Å². The number of carbonyl (C=O) groups is 2. The Balaban J connectivity index is 1.63. The van der Waals surface area contributed by atoms with E-state index in [9.17, 15) is 9.59 Å². The molecule has 29 heavy (non-hydrogen) atoms. The number of ether oxygens (including phenoxy) is 2. The van der Waals surface area contributed by atoms with Gasteiger partial charge in [0.05, 0.1) is 25.9 Å². The summed E-state index contributed by atoms with van der Waals surface area (Å²) in [7, 11) is 3.25. The molecule has 2 aromatic carbocycles. The fourth-order valence-corrected chi connectivity index (χ4v) is 4.88. The molecular weight excluding hydrogens is 388 g/mol. The van der Waals surface area contributed by atoms with Gasteiger partial charge in [0.25, 0.3) is 5.91 Å². The van der Waals surface area contributed by atoms with Crippen LogP contribution in [-0.4, -0.2) is 43.2 Å². The molecule has 0 radical (unpaired) electrons. The summed E-state index contributed by atoms with van der Waals surface area (Å²) in [6.45, 7) is 0.691. The van der Waals surface area contributed by atoms with Gasteiger partial charge in [-0.05, 0) is 43.2 Å². The maximum Gasteiger partial charge on any atom is 0.254 e. The average Bonchev–Trinajstić information content (AvgIpc) is 3.15. The molecular formula is C22H24N2O4S. The van der Waals surface area contributed by atoms with Gasteiger partial charge in [-0.3, -0.25) is 9.59 Å². The van der Waals surface area contributed by atoms with Crippen molar-refractivity contribution in [2.75, 3.05) is 31.8 Å². The Bertz CT molecular complexity index is 946. The number of carbonyl (C=O) groups excluding carboxylic acids is 2. The van der Waals surface area contributed by atoms with E-state index in [-0.39, 0.29) is 17.9 Å². The van der Waals surface area contributed by atoms with Crippen molar-refractivity contribution in [2.24, 2.45) is 0 Å². The number of likely N-dealkylation sites (tertiary alicyclic amines) is 1. The van der Waals surface area contributed by atoms with E-state index in [1.165, 1.54) is 0 Å². The molecule has 1 fully saturated rings. The van der Waals surface area contributed by atoms with Crippen LogP contribution in [-0.2, 0) is 4.79 Å². The Hall–Kier alpha value is -2.67. The zero-order valence-corrected chi connectivity index (χ0v) is 17.4. The summed E-state index contributed by atoms with van der Waals surface area (Å²) in [5.74, 6) is 2.15. The van der Waals surface area contributed by atoms with Crippen LogP contribution in [0.5, 0.6) is 11.5 Å². The number of thioether (sulfide) groups is 1. The minimum absolute atomic E-state index is 0.0112. The molecule has 2 amide bonds. The predicted molar refractivity (Wildman–Crippen MR) is 113 cm³/mol. The largest absolute Gasteiger partial charge is 0.497 e. The van der Waals surface area contributed by atoms with Crippen LogP contribution < -0.4 is 14.8 Å². The number of hydrogen-bond donors (Lipinski definition) is 1. The summed E-state index contributed by atoms with van der Waals surface area (Å²) in [6, 6.07) is 11.3. The Morgan fingerprint density at radius 1 is 1.17 bits per heavy atom. The number of nitrogens with zero attached hydrogens (tertiary/aromatic N) is 1. The lowest BCUT2D eigenvalue weighted by Crippen LogP contribution is -2.30. The molecule has 2 aliphatic heterocycles. The van der Waals surface area contributed by atoms with Crippen LogP contribution in [0, 0.1) is 0 Å². The lowest BCUT2D eigenvalue weighted by atomic mass is 10.0. The second-order valence-electron chi connectivity index (χ2n) is 7.12. The van der Waals surface area contributed by atoms with Crippen LogP contribution in [0.2, 0.25) is 0 Å². The molecule has 0 saturated carbocycles. The third kappa shape index (κ3) is 3.92. The van der Waals surface area contributed by atoms with E-state index in [0.29, 0.717) is 18.5 Å². The molecule has 1 atom stereocenters. The number of nitrogens with one attached hydrogen (secondary N) is 1. The first-order valence-corrected chi connectivity index (χ1v) is 10.7. The van der Waals surface area contributed by atoms with Crippen molar-refractivity contribution in [1.29, 1.82) is 0 Å². The highest BCUT2D eigenvalue weighted by Crippen LogP contribution is 2.40. The normalized spacial score (nSPS) is 18.6. The van der Waals surface area contributed by atoms with E-state index in [1.807, 2.05) is 35.2 Å². The van der Waals surface area contributed by atoms with E-state index >= 15 is 0 Å². The molecule has 1 saturated heterocycles. The highest BCUT2D eigenvalue weighted by molar-refractivity contribution is 7.99. The standard InChI is InChI=1S/C22H24N2O4S/c1-27-15-6-7-16(19(13-15)28-2)18-4-3-10-24(18)22(26)14-5-8-20-17(12-14)23-21(25)9-11-29-20/h5-8,12-13,18H,3-4,9-11H2,1-2H3,(H,23,25)/t18-/m0/s1. The number of methoxy groups -OCH3 is 2. The van der Waals surface area contributed by atoms with Gasteiger partial charge in [0.2, 0.25) is 5.91 Å². The van der Waals surface area contributed by atoms with Crippen molar-refractivity contribution in [3.05, 3.63) is 47.5 Å². The number of benzene rings is 2. The molecule has 152 valence electrons. The summed E-state index contributed by atoms with van der Waals surface area (Å²) in [6.07, 6.45) is 2.29. The molecule has 0 unspecified atom stereocenters. The monoisotopic (exact) mass is 412 g/mol. The minimum atomic E-state index is -0.0499. The number of anilines is 1. The zero-order valence-electron chi connectivity index (χ0n) is 16.6. The maximum atomic E-state index is 13.3. The van der Waals surface area contributed by atoms with Gasteiger partial charge in [-0.25, -0.2) is 0 Å². The highest BCUT2D eigenvalue weighted by atomic mass is 32.2. The van der Waals surface area contributed by atoms with Crippen molar-refractivity contribution in [1.82, 2.24) is 4.90 Å². The molecule has 2 heterocycles. The van der Waals surface area contributed by atoms with E-state index < -0.39 is 0 Å². The second kappa shape index (κ2) is 8.37. The fourth-order valence-electron chi connectivity index (χ4n) is 3.95. The number of hydrogen-bond acceptors (Lipinski definition) is 5. The van der Waals surface area contributed by atoms with Gasteiger partial charge in [-0.1, -0.05) is 0 Å². The van der Waals surface area contributed by atoms with Crippen LogP contribution in [0.3, 0.4) is 0 Å². The number of amides is 2. The van der Waals surface area contributed by atoms with Crippen molar-refractivity contribution in [3.63, 3.8) is 0 Å². The fraction of sp³-hybridized carbons (Fsp3) is 0.364. The highest BCUT2D eigenvalue weighted by Gasteiger charge is 2.33. The summed E-state index contributed by atoms with van der Waals surface area (Å²) in [5, 5.41) is 2.92. The lowest BCUT2D eigenvalue weighted by molar-refractivity contribution is -0.115. The number of fused-ring (bicyclic) bond motifs is 1. The topological polar surface area (TPSA) is 67.9 Å². The summed E-state index contributed by atoms with van der Waals surface area (Å²) < 4.78 is 10.9. The Kier molecular flexibility index (Phi) is 5.67. The van der Waals surface area contributed by atoms with Gasteiger partial charge in [0.1, 0.15) is 11.5 Å². The molecule has 4 rings (SSSR count). The zero-order chi connectivity index (χ0) is 20.4. The van der Waals surface area contributed by atoms with Crippen LogP contribution >= 0.6 is 11.8 Å². The first kappa shape index (κ1) is 19.6. The SMILES string of the molecule is COc1ccc([C@@H]2CCCN2C(=O)c2ccc3c(c2)NC(=O)CCS3)c(OC)c1.